The van der Waals surface area contributed by atoms with E-state index in [2.05, 4.69) is 26.1 Å². The van der Waals surface area contributed by atoms with Gasteiger partial charge in [-0.3, -0.25) is 0 Å². The van der Waals surface area contributed by atoms with Crippen molar-refractivity contribution in [2.24, 2.45) is 11.1 Å². The van der Waals surface area contributed by atoms with Gasteiger partial charge in [-0.1, -0.05) is 0 Å². The largest absolute Gasteiger partial charge is 0.330 e. The van der Waals surface area contributed by atoms with Gasteiger partial charge in [-0.25, -0.2) is 0 Å². The Morgan fingerprint density at radius 3 is 2.25 bits per heavy atom. The summed E-state index contributed by atoms with van der Waals surface area (Å²) in [6.45, 7) is 8.48. The van der Waals surface area contributed by atoms with Gasteiger partial charge in [0.05, 0.1) is 0 Å². The summed E-state index contributed by atoms with van der Waals surface area (Å²) < 4.78 is 0. The summed E-state index contributed by atoms with van der Waals surface area (Å²) in [7, 11) is 0. The van der Waals surface area contributed by atoms with Crippen LogP contribution in [0.15, 0.2) is 0 Å². The van der Waals surface area contributed by atoms with E-state index in [1.54, 1.807) is 0 Å². The fraction of sp³-hybridized carbons (Fsp3) is 1.00. The summed E-state index contributed by atoms with van der Waals surface area (Å²) in [5.74, 6) is 2.46. The smallest absolute Gasteiger partial charge is 0.0131 e. The maximum Gasteiger partial charge on any atom is 0.0131 e. The first-order valence-corrected chi connectivity index (χ1v) is 5.66. The van der Waals surface area contributed by atoms with Gasteiger partial charge in [0, 0.05) is 35.5 Å². The van der Waals surface area contributed by atoms with Crippen LogP contribution in [-0.4, -0.2) is 30.1 Å². The molecule has 1 rings (SSSR count). The average Bonchev–Trinajstić information content (AvgIpc) is 1.84. The van der Waals surface area contributed by atoms with Crippen LogP contribution in [0.2, 0.25) is 0 Å². The number of hydrogen-bond acceptors (Lipinski definition) is 3. The second-order valence-electron chi connectivity index (χ2n) is 4.80. The third-order valence-corrected chi connectivity index (χ3v) is 3.88. The van der Waals surface area contributed by atoms with Gasteiger partial charge in [-0.2, -0.15) is 11.8 Å². The van der Waals surface area contributed by atoms with Crippen molar-refractivity contribution in [1.29, 1.82) is 0 Å². The molecule has 3 N–H and O–H groups in total. The van der Waals surface area contributed by atoms with Gasteiger partial charge in [-0.15, -0.1) is 0 Å². The van der Waals surface area contributed by atoms with E-state index in [4.69, 9.17) is 5.73 Å². The predicted octanol–water partition coefficient (Wildman–Crippen LogP) is 1.07. The van der Waals surface area contributed by atoms with Gasteiger partial charge in [0.15, 0.2) is 0 Å². The van der Waals surface area contributed by atoms with Crippen LogP contribution in [-0.2, 0) is 0 Å². The molecule has 0 bridgehead atoms. The van der Waals surface area contributed by atoms with E-state index in [1.807, 2.05) is 11.8 Å². The molecular weight excluding hydrogens is 168 g/mol. The molecule has 12 heavy (non-hydrogen) atoms. The summed E-state index contributed by atoms with van der Waals surface area (Å²) in [5.41, 5.74) is 6.37. The number of nitrogens with two attached hydrogens (primary N) is 1. The normalized spacial score (nSPS) is 22.0. The lowest BCUT2D eigenvalue weighted by Gasteiger charge is -2.42. The highest BCUT2D eigenvalue weighted by atomic mass is 32.2. The van der Waals surface area contributed by atoms with E-state index in [0.29, 0.717) is 5.41 Å². The minimum Gasteiger partial charge on any atom is -0.330 e. The van der Waals surface area contributed by atoms with E-state index >= 15 is 0 Å². The summed E-state index contributed by atoms with van der Waals surface area (Å²) in [4.78, 5) is 0. The molecule has 0 atom stereocenters. The van der Waals surface area contributed by atoms with E-state index in [0.717, 1.165) is 13.1 Å². The van der Waals surface area contributed by atoms with Crippen LogP contribution in [0.4, 0.5) is 0 Å². The number of rotatable bonds is 3. The Hall–Kier alpha value is 0.270. The highest BCUT2D eigenvalue weighted by molar-refractivity contribution is 8.00. The maximum absolute atomic E-state index is 5.74. The minimum atomic E-state index is 0.225. The van der Waals surface area contributed by atoms with E-state index in [9.17, 15) is 0 Å². The zero-order chi connectivity index (χ0) is 9.24. The molecule has 0 aromatic carbocycles. The van der Waals surface area contributed by atoms with Crippen LogP contribution < -0.4 is 11.1 Å². The van der Waals surface area contributed by atoms with Crippen molar-refractivity contribution in [3.8, 4) is 0 Å². The highest BCUT2D eigenvalue weighted by Gasteiger charge is 2.36. The van der Waals surface area contributed by atoms with Gasteiger partial charge in [0.1, 0.15) is 0 Å². The summed E-state index contributed by atoms with van der Waals surface area (Å²) in [5, 5.41) is 3.52. The molecule has 1 heterocycles. The fourth-order valence-electron chi connectivity index (χ4n) is 1.14. The molecule has 2 nitrogen and oxygen atoms in total. The Kier molecular flexibility index (Phi) is 3.07. The zero-order valence-corrected chi connectivity index (χ0v) is 9.13. The molecule has 0 unspecified atom stereocenters. The van der Waals surface area contributed by atoms with Crippen molar-refractivity contribution in [2.45, 2.75) is 26.3 Å². The lowest BCUT2D eigenvalue weighted by Crippen LogP contribution is -2.53. The molecule has 0 aromatic rings. The van der Waals surface area contributed by atoms with Gasteiger partial charge in [0.25, 0.3) is 0 Å². The van der Waals surface area contributed by atoms with Crippen LogP contribution in [0, 0.1) is 5.41 Å². The second kappa shape index (κ2) is 3.56. The van der Waals surface area contributed by atoms with Crippen molar-refractivity contribution >= 4 is 11.8 Å². The Labute approximate surface area is 79.7 Å². The molecule has 3 heteroatoms. The standard InChI is InChI=1S/C9H20N2S/c1-8(2,3)11-5-9(4-10)6-12-7-9/h11H,4-7,10H2,1-3H3. The molecule has 1 aliphatic rings. The fourth-order valence-corrected chi connectivity index (χ4v) is 2.36. The first-order valence-electron chi connectivity index (χ1n) is 4.50. The molecule has 1 fully saturated rings. The minimum absolute atomic E-state index is 0.225. The van der Waals surface area contributed by atoms with E-state index in [-0.39, 0.29) is 5.54 Å². The summed E-state index contributed by atoms with van der Waals surface area (Å²) in [6.07, 6.45) is 0. The van der Waals surface area contributed by atoms with Crippen LogP contribution in [0.1, 0.15) is 20.8 Å². The lowest BCUT2D eigenvalue weighted by atomic mass is 9.91. The molecule has 1 saturated heterocycles. The quantitative estimate of drug-likeness (QED) is 0.696. The first kappa shape index (κ1) is 10.4. The van der Waals surface area contributed by atoms with E-state index in [1.165, 1.54) is 11.5 Å². The summed E-state index contributed by atoms with van der Waals surface area (Å²) >= 11 is 2.00. The van der Waals surface area contributed by atoms with Crippen molar-refractivity contribution in [3.63, 3.8) is 0 Å². The van der Waals surface area contributed by atoms with Gasteiger partial charge in [-0.05, 0) is 20.8 Å². The topological polar surface area (TPSA) is 38.0 Å². The average molecular weight is 188 g/mol. The molecule has 72 valence electrons. The Morgan fingerprint density at radius 2 is 2.00 bits per heavy atom. The second-order valence-corrected chi connectivity index (χ2v) is 5.79. The number of nitrogens with one attached hydrogen (secondary N) is 1. The lowest BCUT2D eigenvalue weighted by molar-refractivity contribution is 0.296. The van der Waals surface area contributed by atoms with E-state index < -0.39 is 0 Å². The Morgan fingerprint density at radius 1 is 1.42 bits per heavy atom. The van der Waals surface area contributed by atoms with Crippen molar-refractivity contribution < 1.29 is 0 Å². The third kappa shape index (κ3) is 2.64. The molecule has 0 radical (unpaired) electrons. The van der Waals surface area contributed by atoms with Crippen LogP contribution in [0.5, 0.6) is 0 Å². The monoisotopic (exact) mass is 188 g/mol. The van der Waals surface area contributed by atoms with Crippen molar-refractivity contribution in [2.75, 3.05) is 24.6 Å². The molecule has 0 amide bonds. The van der Waals surface area contributed by atoms with Crippen LogP contribution in [0.25, 0.3) is 0 Å². The maximum atomic E-state index is 5.74. The molecule has 0 spiro atoms. The number of hydrogen-bond donors (Lipinski definition) is 2. The first-order chi connectivity index (χ1) is 5.47. The third-order valence-electron chi connectivity index (χ3n) is 2.24. The van der Waals surface area contributed by atoms with Gasteiger partial charge >= 0.3 is 0 Å². The zero-order valence-electron chi connectivity index (χ0n) is 8.31. The molecule has 0 aromatic heterocycles. The SMILES string of the molecule is CC(C)(C)NCC1(CN)CSC1. The number of thioether (sulfide) groups is 1. The van der Waals surface area contributed by atoms with Gasteiger partial charge < -0.3 is 11.1 Å². The summed E-state index contributed by atoms with van der Waals surface area (Å²) in [6, 6.07) is 0. The molecule has 1 aliphatic heterocycles. The Bertz CT molecular complexity index is 142. The van der Waals surface area contributed by atoms with Crippen LogP contribution >= 0.6 is 11.8 Å². The molecule has 0 saturated carbocycles. The van der Waals surface area contributed by atoms with Crippen LogP contribution in [0.3, 0.4) is 0 Å². The molecular formula is C9H20N2S. The highest BCUT2D eigenvalue weighted by Crippen LogP contribution is 2.36. The van der Waals surface area contributed by atoms with Gasteiger partial charge in [0.2, 0.25) is 0 Å². The predicted molar refractivity (Wildman–Crippen MR) is 56.6 cm³/mol. The van der Waals surface area contributed by atoms with Crippen molar-refractivity contribution in [1.82, 2.24) is 5.32 Å². The Balaban J connectivity index is 2.30. The molecule has 0 aliphatic carbocycles. The van der Waals surface area contributed by atoms with Crippen molar-refractivity contribution in [3.05, 3.63) is 0 Å².